The molecule has 0 spiro atoms. The second-order valence-corrected chi connectivity index (χ2v) is 5.67. The Bertz CT molecular complexity index is 545. The Kier molecular flexibility index (Phi) is 8.54. The molecule has 1 N–H and O–H groups in total. The van der Waals surface area contributed by atoms with Crippen LogP contribution < -0.4 is 4.90 Å². The Hall–Kier alpha value is -2.37. The fraction of sp³-hybridized carbons (Fsp3) is 0.500. The van der Waals surface area contributed by atoms with Gasteiger partial charge in [0, 0.05) is 38.7 Å². The normalized spacial score (nSPS) is 10.2. The number of para-hydroxylation sites is 1. The van der Waals surface area contributed by atoms with Crippen molar-refractivity contribution in [2.75, 3.05) is 25.0 Å². The minimum Gasteiger partial charge on any atom is -0.481 e. The summed E-state index contributed by atoms with van der Waals surface area (Å²) in [4.78, 5) is 38.1. The van der Waals surface area contributed by atoms with E-state index in [2.05, 4.69) is 0 Å². The van der Waals surface area contributed by atoms with Crippen LogP contribution >= 0.6 is 0 Å². The van der Waals surface area contributed by atoms with Gasteiger partial charge < -0.3 is 14.9 Å². The maximum atomic E-state index is 12.2. The van der Waals surface area contributed by atoms with Gasteiger partial charge in [-0.3, -0.25) is 14.4 Å². The molecule has 0 aliphatic rings. The summed E-state index contributed by atoms with van der Waals surface area (Å²) in [5, 5.41) is 8.74. The molecule has 0 unspecified atom stereocenters. The summed E-state index contributed by atoms with van der Waals surface area (Å²) >= 11 is 0. The van der Waals surface area contributed by atoms with Gasteiger partial charge in [-0.15, -0.1) is 0 Å². The largest absolute Gasteiger partial charge is 0.481 e. The quantitative estimate of drug-likeness (QED) is 0.713. The zero-order valence-electron chi connectivity index (χ0n) is 14.4. The lowest BCUT2D eigenvalue weighted by atomic mass is 10.2. The third-order valence-corrected chi connectivity index (χ3v) is 3.74. The topological polar surface area (TPSA) is 77.9 Å². The highest BCUT2D eigenvalue weighted by atomic mass is 16.4. The Balaban J connectivity index is 2.42. The van der Waals surface area contributed by atoms with E-state index in [0.717, 1.165) is 12.1 Å². The Morgan fingerprint density at radius 2 is 1.58 bits per heavy atom. The van der Waals surface area contributed by atoms with Crippen LogP contribution in [0.25, 0.3) is 0 Å². The molecule has 0 aliphatic carbocycles. The average Bonchev–Trinajstić information content (AvgIpc) is 2.58. The lowest BCUT2D eigenvalue weighted by Gasteiger charge is -2.22. The summed E-state index contributed by atoms with van der Waals surface area (Å²) in [6.07, 6.45) is 1.73. The molecule has 1 aromatic carbocycles. The van der Waals surface area contributed by atoms with E-state index in [1.807, 2.05) is 37.3 Å². The third kappa shape index (κ3) is 6.81. The first-order chi connectivity index (χ1) is 11.5. The molecule has 0 aliphatic heterocycles. The lowest BCUT2D eigenvalue weighted by molar-refractivity contribution is -0.138. The van der Waals surface area contributed by atoms with Gasteiger partial charge in [-0.2, -0.15) is 0 Å². The van der Waals surface area contributed by atoms with E-state index in [9.17, 15) is 14.4 Å². The highest BCUT2D eigenvalue weighted by Gasteiger charge is 2.16. The first kappa shape index (κ1) is 19.7. The highest BCUT2D eigenvalue weighted by Crippen LogP contribution is 2.13. The zero-order chi connectivity index (χ0) is 17.9. The molecule has 0 fully saturated rings. The second kappa shape index (κ2) is 10.4. The van der Waals surface area contributed by atoms with E-state index >= 15 is 0 Å². The summed E-state index contributed by atoms with van der Waals surface area (Å²) in [5.74, 6) is -1.04. The van der Waals surface area contributed by atoms with Crippen LogP contribution in [-0.4, -0.2) is 47.9 Å². The van der Waals surface area contributed by atoms with Gasteiger partial charge in [0.15, 0.2) is 0 Å². The summed E-state index contributed by atoms with van der Waals surface area (Å²) in [7, 11) is 1.72. The number of carbonyl (C=O) groups excluding carboxylic acids is 2. The molecule has 0 radical (unpaired) electrons. The van der Waals surface area contributed by atoms with Crippen LogP contribution in [0, 0.1) is 0 Å². The molecule has 0 bridgehead atoms. The zero-order valence-corrected chi connectivity index (χ0v) is 14.4. The number of rotatable bonds is 10. The number of amides is 2. The van der Waals surface area contributed by atoms with Crippen molar-refractivity contribution in [2.45, 2.75) is 39.0 Å². The number of hydrogen-bond donors (Lipinski definition) is 1. The Morgan fingerprint density at radius 3 is 2.17 bits per heavy atom. The van der Waals surface area contributed by atoms with Crippen molar-refractivity contribution in [1.82, 2.24) is 4.90 Å². The summed E-state index contributed by atoms with van der Waals surface area (Å²) in [6, 6.07) is 9.34. The number of nitrogens with zero attached hydrogens (tertiary/aromatic N) is 2. The van der Waals surface area contributed by atoms with E-state index in [-0.39, 0.29) is 37.6 Å². The van der Waals surface area contributed by atoms with Crippen molar-refractivity contribution in [3.05, 3.63) is 30.3 Å². The van der Waals surface area contributed by atoms with Crippen LogP contribution in [0.5, 0.6) is 0 Å². The molecule has 132 valence electrons. The molecule has 0 aromatic heterocycles. The maximum Gasteiger partial charge on any atom is 0.305 e. The number of aliphatic carboxylic acids is 1. The van der Waals surface area contributed by atoms with Gasteiger partial charge in [0.05, 0.1) is 6.42 Å². The predicted molar refractivity (Wildman–Crippen MR) is 92.8 cm³/mol. The van der Waals surface area contributed by atoms with Gasteiger partial charge >= 0.3 is 5.97 Å². The predicted octanol–water partition coefficient (Wildman–Crippen LogP) is 2.53. The molecule has 0 atom stereocenters. The molecule has 6 heteroatoms. The molecule has 6 nitrogen and oxygen atoms in total. The molecular formula is C18H26N2O4. The van der Waals surface area contributed by atoms with Gasteiger partial charge in [0.2, 0.25) is 11.8 Å². The van der Waals surface area contributed by atoms with Crippen LogP contribution in [0.3, 0.4) is 0 Å². The average molecular weight is 334 g/mol. The summed E-state index contributed by atoms with van der Waals surface area (Å²) < 4.78 is 0. The van der Waals surface area contributed by atoms with Crippen LogP contribution in [-0.2, 0) is 14.4 Å². The van der Waals surface area contributed by atoms with E-state index in [1.165, 1.54) is 0 Å². The van der Waals surface area contributed by atoms with Gasteiger partial charge in [-0.1, -0.05) is 25.1 Å². The van der Waals surface area contributed by atoms with Gasteiger partial charge in [-0.25, -0.2) is 0 Å². The number of anilines is 1. The Morgan fingerprint density at radius 1 is 0.958 bits per heavy atom. The first-order valence-corrected chi connectivity index (χ1v) is 8.26. The lowest BCUT2D eigenvalue weighted by Crippen LogP contribution is -2.34. The molecule has 2 amide bonds. The minimum atomic E-state index is -0.913. The maximum absolute atomic E-state index is 12.2. The van der Waals surface area contributed by atoms with E-state index in [4.69, 9.17) is 5.11 Å². The van der Waals surface area contributed by atoms with Crippen molar-refractivity contribution >= 4 is 23.5 Å². The Labute approximate surface area is 143 Å². The van der Waals surface area contributed by atoms with Crippen LogP contribution in [0.1, 0.15) is 39.0 Å². The molecule has 24 heavy (non-hydrogen) atoms. The third-order valence-electron chi connectivity index (χ3n) is 3.74. The fourth-order valence-corrected chi connectivity index (χ4v) is 2.37. The number of carboxylic acid groups (broad SMARTS) is 1. The monoisotopic (exact) mass is 334 g/mol. The fourth-order valence-electron chi connectivity index (χ4n) is 2.37. The molecule has 0 saturated heterocycles. The van der Waals surface area contributed by atoms with E-state index in [0.29, 0.717) is 13.0 Å². The van der Waals surface area contributed by atoms with Gasteiger partial charge in [0.1, 0.15) is 0 Å². The van der Waals surface area contributed by atoms with Gasteiger partial charge in [-0.05, 0) is 25.0 Å². The second-order valence-electron chi connectivity index (χ2n) is 5.67. The van der Waals surface area contributed by atoms with Crippen molar-refractivity contribution in [1.29, 1.82) is 0 Å². The SMILES string of the molecule is CCCN(CCC(=O)O)C(=O)CCCC(=O)N(C)c1ccccc1. The van der Waals surface area contributed by atoms with Crippen LogP contribution in [0.4, 0.5) is 5.69 Å². The number of hydrogen-bond acceptors (Lipinski definition) is 3. The summed E-state index contributed by atoms with van der Waals surface area (Å²) in [5.41, 5.74) is 0.822. The first-order valence-electron chi connectivity index (χ1n) is 8.26. The summed E-state index contributed by atoms with van der Waals surface area (Å²) in [6.45, 7) is 2.71. The molecule has 0 saturated carbocycles. The van der Waals surface area contributed by atoms with Crippen LogP contribution in [0.15, 0.2) is 30.3 Å². The van der Waals surface area contributed by atoms with Crippen molar-refractivity contribution in [3.8, 4) is 0 Å². The smallest absolute Gasteiger partial charge is 0.305 e. The van der Waals surface area contributed by atoms with Crippen molar-refractivity contribution in [3.63, 3.8) is 0 Å². The highest BCUT2D eigenvalue weighted by molar-refractivity contribution is 5.93. The molecule has 1 aromatic rings. The number of carboxylic acids is 1. The van der Waals surface area contributed by atoms with E-state index < -0.39 is 5.97 Å². The minimum absolute atomic E-state index is 0.0402. The van der Waals surface area contributed by atoms with Crippen molar-refractivity contribution in [2.24, 2.45) is 0 Å². The van der Waals surface area contributed by atoms with Gasteiger partial charge in [0.25, 0.3) is 0 Å². The molecule has 0 heterocycles. The standard InChI is InChI=1S/C18H26N2O4/c1-3-13-20(14-12-18(23)24)17(22)11-7-10-16(21)19(2)15-8-5-4-6-9-15/h4-6,8-9H,3,7,10-14H2,1-2H3,(H,23,24). The number of benzene rings is 1. The van der Waals surface area contributed by atoms with E-state index in [1.54, 1.807) is 16.8 Å². The van der Waals surface area contributed by atoms with Crippen LogP contribution in [0.2, 0.25) is 0 Å². The molecule has 1 rings (SSSR count). The molecular weight excluding hydrogens is 308 g/mol. The number of carbonyl (C=O) groups is 3. The van der Waals surface area contributed by atoms with Crippen molar-refractivity contribution < 1.29 is 19.5 Å².